The second kappa shape index (κ2) is 8.46. The van der Waals surface area contributed by atoms with Crippen LogP contribution in [0.3, 0.4) is 0 Å². The zero-order valence-electron chi connectivity index (χ0n) is 11.4. The van der Waals surface area contributed by atoms with Crippen molar-refractivity contribution in [2.75, 3.05) is 5.75 Å². The average molecular weight is 264 g/mol. The molecule has 1 nitrogen and oxygen atoms in total. The molecule has 0 aromatic heterocycles. The van der Waals surface area contributed by atoms with Gasteiger partial charge < -0.3 is 0 Å². The Bertz CT molecular complexity index is 240. The maximum absolute atomic E-state index is 11.0. The van der Waals surface area contributed by atoms with E-state index in [1.165, 1.54) is 12.8 Å². The predicted octanol–water partition coefficient (Wildman–Crippen LogP) is 3.66. The van der Waals surface area contributed by atoms with Crippen LogP contribution >= 0.6 is 0 Å². The molecule has 98 valence electrons. The van der Waals surface area contributed by atoms with E-state index >= 15 is 0 Å². The van der Waals surface area contributed by atoms with Crippen LogP contribution in [0.25, 0.3) is 0 Å². The average Bonchev–Trinajstić information content (AvgIpc) is 2.27. The number of hydrogen-bond acceptors (Lipinski definition) is 2. The van der Waals surface area contributed by atoms with Gasteiger partial charge in [0.05, 0.1) is 0 Å². The van der Waals surface area contributed by atoms with Crippen LogP contribution in [0.2, 0.25) is 0 Å². The number of rotatable bonds is 8. The Balaban J connectivity index is 4.33. The first-order valence-electron chi connectivity index (χ1n) is 6.55. The van der Waals surface area contributed by atoms with Crippen LogP contribution in [0.15, 0.2) is 0 Å². The molecule has 0 heterocycles. The van der Waals surface area contributed by atoms with E-state index in [2.05, 4.69) is 34.6 Å². The maximum atomic E-state index is 11.0. The smallest absolute Gasteiger partial charge is 0.0235 e. The highest BCUT2D eigenvalue weighted by Crippen LogP contribution is 2.32. The second-order valence-corrected chi connectivity index (χ2v) is 7.45. The van der Waals surface area contributed by atoms with E-state index in [1.807, 2.05) is 0 Å². The van der Waals surface area contributed by atoms with Crippen LogP contribution in [0.4, 0.5) is 0 Å². The topological polar surface area (TPSA) is 17.1 Å². The highest BCUT2D eigenvalue weighted by Gasteiger charge is 2.24. The molecule has 5 atom stereocenters. The standard InChI is InChI=1S/C13H28OS2/c1-6-10(3)11(4)12(5)13(7-2)8-9-16(14)15/h10-13,16H,6-9H2,1-5H3. The fourth-order valence-electron chi connectivity index (χ4n) is 2.43. The first-order valence-corrected chi connectivity index (χ1v) is 9.01. The first-order chi connectivity index (χ1) is 7.43. The fourth-order valence-corrected chi connectivity index (χ4v) is 3.29. The van der Waals surface area contributed by atoms with Gasteiger partial charge in [0.25, 0.3) is 0 Å². The zero-order valence-corrected chi connectivity index (χ0v) is 13.1. The van der Waals surface area contributed by atoms with Gasteiger partial charge in [-0.15, -0.1) is 0 Å². The van der Waals surface area contributed by atoms with Crippen LogP contribution in [0.5, 0.6) is 0 Å². The van der Waals surface area contributed by atoms with Crippen molar-refractivity contribution in [2.45, 2.75) is 53.9 Å². The summed E-state index contributed by atoms with van der Waals surface area (Å²) in [7, 11) is -1.37. The summed E-state index contributed by atoms with van der Waals surface area (Å²) >= 11 is 4.78. The molecule has 0 fully saturated rings. The van der Waals surface area contributed by atoms with Gasteiger partial charge in [-0.25, -0.2) is 0 Å². The Morgan fingerprint density at radius 3 is 2.00 bits per heavy atom. The largest absolute Gasteiger partial charge is 0.260 e. The summed E-state index contributed by atoms with van der Waals surface area (Å²) < 4.78 is 11.0. The molecule has 0 saturated carbocycles. The van der Waals surface area contributed by atoms with Crippen molar-refractivity contribution >= 4 is 20.5 Å². The predicted molar refractivity (Wildman–Crippen MR) is 78.0 cm³/mol. The van der Waals surface area contributed by atoms with Crippen molar-refractivity contribution in [3.63, 3.8) is 0 Å². The minimum absolute atomic E-state index is 0.686. The van der Waals surface area contributed by atoms with Gasteiger partial charge in [0, 0.05) is 15.1 Å². The zero-order chi connectivity index (χ0) is 12.7. The van der Waals surface area contributed by atoms with Crippen LogP contribution in [-0.2, 0) is 20.5 Å². The summed E-state index contributed by atoms with van der Waals surface area (Å²) in [6.45, 7) is 11.5. The summed E-state index contributed by atoms with van der Waals surface area (Å²) in [6, 6.07) is 0. The molecule has 0 aromatic rings. The Hall–Kier alpha value is 0.370. The molecule has 3 heteroatoms. The van der Waals surface area contributed by atoms with E-state index < -0.39 is 9.36 Å². The van der Waals surface area contributed by atoms with Gasteiger partial charge in [-0.3, -0.25) is 4.21 Å². The molecule has 0 N–H and O–H groups in total. The lowest BCUT2D eigenvalue weighted by atomic mass is 9.75. The van der Waals surface area contributed by atoms with Crippen molar-refractivity contribution in [3.8, 4) is 0 Å². The van der Waals surface area contributed by atoms with E-state index in [1.54, 1.807) is 0 Å². The summed E-state index contributed by atoms with van der Waals surface area (Å²) in [5.74, 6) is 3.65. The van der Waals surface area contributed by atoms with Crippen LogP contribution in [0.1, 0.15) is 53.9 Å². The van der Waals surface area contributed by atoms with Crippen LogP contribution in [0, 0.1) is 23.7 Å². The Kier molecular flexibility index (Phi) is 8.65. The molecule has 0 bridgehead atoms. The van der Waals surface area contributed by atoms with E-state index in [0.717, 1.165) is 24.0 Å². The van der Waals surface area contributed by atoms with E-state index in [-0.39, 0.29) is 0 Å². The minimum Gasteiger partial charge on any atom is -0.260 e. The molecule has 0 spiro atoms. The molecule has 5 unspecified atom stereocenters. The maximum Gasteiger partial charge on any atom is 0.0235 e. The SMILES string of the molecule is CCC(C)C(C)C(C)C(CC)CC[SH](=O)=S. The lowest BCUT2D eigenvalue weighted by molar-refractivity contribution is 0.190. The molecule has 0 aromatic carbocycles. The molecule has 0 aliphatic rings. The molecule has 0 aliphatic carbocycles. The van der Waals surface area contributed by atoms with Gasteiger partial charge in [0.2, 0.25) is 0 Å². The van der Waals surface area contributed by atoms with Crippen molar-refractivity contribution < 1.29 is 4.21 Å². The summed E-state index contributed by atoms with van der Waals surface area (Å²) in [5, 5.41) is 0. The highest BCUT2D eigenvalue weighted by molar-refractivity contribution is 8.21. The number of hydrogen-bond donors (Lipinski definition) is 1. The highest BCUT2D eigenvalue weighted by atomic mass is 32.8. The summed E-state index contributed by atoms with van der Waals surface area (Å²) in [5.41, 5.74) is 0. The number of thiol groups is 1. The van der Waals surface area contributed by atoms with E-state index in [9.17, 15) is 4.21 Å². The van der Waals surface area contributed by atoms with Gasteiger partial charge in [0.15, 0.2) is 0 Å². The molecular formula is C13H28OS2. The summed E-state index contributed by atoms with van der Waals surface area (Å²) in [4.78, 5) is 0. The lowest BCUT2D eigenvalue weighted by Crippen LogP contribution is -2.24. The molecular weight excluding hydrogens is 236 g/mol. The van der Waals surface area contributed by atoms with Crippen LogP contribution in [-0.4, -0.2) is 9.96 Å². The molecule has 0 rings (SSSR count). The van der Waals surface area contributed by atoms with Crippen molar-refractivity contribution in [3.05, 3.63) is 0 Å². The Labute approximate surface area is 108 Å². The van der Waals surface area contributed by atoms with Gasteiger partial charge in [-0.1, -0.05) is 47.5 Å². The molecule has 16 heavy (non-hydrogen) atoms. The molecule has 0 amide bonds. The van der Waals surface area contributed by atoms with Crippen molar-refractivity contribution in [1.29, 1.82) is 0 Å². The van der Waals surface area contributed by atoms with Gasteiger partial charge >= 0.3 is 0 Å². The van der Waals surface area contributed by atoms with E-state index in [0.29, 0.717) is 11.8 Å². The Morgan fingerprint density at radius 2 is 1.62 bits per heavy atom. The van der Waals surface area contributed by atoms with Gasteiger partial charge in [-0.2, -0.15) is 0 Å². The summed E-state index contributed by atoms with van der Waals surface area (Å²) in [6.07, 6.45) is 3.47. The quantitative estimate of drug-likeness (QED) is 0.674. The second-order valence-electron chi connectivity index (χ2n) is 5.12. The third kappa shape index (κ3) is 5.62. The molecule has 0 saturated heterocycles. The monoisotopic (exact) mass is 264 g/mol. The molecule has 0 radical (unpaired) electrons. The van der Waals surface area contributed by atoms with Crippen molar-refractivity contribution in [1.82, 2.24) is 0 Å². The lowest BCUT2D eigenvalue weighted by Gasteiger charge is -2.31. The third-order valence-electron chi connectivity index (χ3n) is 4.32. The molecule has 0 aliphatic heterocycles. The van der Waals surface area contributed by atoms with Crippen molar-refractivity contribution in [2.24, 2.45) is 23.7 Å². The van der Waals surface area contributed by atoms with Gasteiger partial charge in [-0.05, 0) is 41.3 Å². The minimum atomic E-state index is -1.37. The Morgan fingerprint density at radius 1 is 1.06 bits per heavy atom. The first kappa shape index (κ1) is 16.4. The van der Waals surface area contributed by atoms with Crippen LogP contribution < -0.4 is 0 Å². The normalized spacial score (nSPS) is 21.1. The van der Waals surface area contributed by atoms with E-state index in [4.69, 9.17) is 11.2 Å². The third-order valence-corrected chi connectivity index (χ3v) is 5.49. The van der Waals surface area contributed by atoms with Gasteiger partial charge in [0.1, 0.15) is 0 Å². The fraction of sp³-hybridized carbons (Fsp3) is 1.00.